The standard InChI is InChI=1S/C20H25FN2S/c1-24-19-9-4-6-16(12-19)13-22-18-8-5-11-23(15-18)14-17-7-2-3-10-20(17)21/h2-4,6-7,9-10,12,18,22H,5,8,11,13-15H2,1H3/t18-/m1/s1. The lowest BCUT2D eigenvalue weighted by molar-refractivity contribution is 0.181. The zero-order valence-electron chi connectivity index (χ0n) is 14.2. The van der Waals surface area contributed by atoms with Crippen molar-refractivity contribution in [1.29, 1.82) is 0 Å². The van der Waals surface area contributed by atoms with E-state index in [1.165, 1.54) is 16.9 Å². The summed E-state index contributed by atoms with van der Waals surface area (Å²) in [5.41, 5.74) is 2.12. The molecule has 4 heteroatoms. The van der Waals surface area contributed by atoms with E-state index in [1.807, 2.05) is 12.1 Å². The van der Waals surface area contributed by atoms with Crippen molar-refractivity contribution in [2.75, 3.05) is 19.3 Å². The van der Waals surface area contributed by atoms with Crippen LogP contribution in [0.25, 0.3) is 0 Å². The van der Waals surface area contributed by atoms with Crippen molar-refractivity contribution in [1.82, 2.24) is 10.2 Å². The fourth-order valence-corrected chi connectivity index (χ4v) is 3.76. The van der Waals surface area contributed by atoms with Crippen LogP contribution >= 0.6 is 11.8 Å². The van der Waals surface area contributed by atoms with Gasteiger partial charge in [-0.15, -0.1) is 11.8 Å². The number of nitrogens with one attached hydrogen (secondary N) is 1. The lowest BCUT2D eigenvalue weighted by Crippen LogP contribution is -2.45. The minimum absolute atomic E-state index is 0.0959. The number of hydrogen-bond donors (Lipinski definition) is 1. The molecule has 0 saturated carbocycles. The SMILES string of the molecule is CSc1cccc(CN[C@@H]2CCCN(Cc3ccccc3F)C2)c1. The Morgan fingerprint density at radius 1 is 1.21 bits per heavy atom. The molecule has 0 bridgehead atoms. The maximum atomic E-state index is 13.8. The molecule has 1 atom stereocenters. The third-order valence-corrected chi connectivity index (χ3v) is 5.31. The zero-order chi connectivity index (χ0) is 16.8. The highest BCUT2D eigenvalue weighted by molar-refractivity contribution is 7.98. The molecule has 0 aromatic heterocycles. The Labute approximate surface area is 148 Å². The number of piperidine rings is 1. The predicted molar refractivity (Wildman–Crippen MR) is 99.8 cm³/mol. The van der Waals surface area contributed by atoms with Gasteiger partial charge in [0.15, 0.2) is 0 Å². The molecule has 2 nitrogen and oxygen atoms in total. The van der Waals surface area contributed by atoms with Crippen LogP contribution in [0.3, 0.4) is 0 Å². The lowest BCUT2D eigenvalue weighted by Gasteiger charge is -2.33. The normalized spacial score (nSPS) is 18.7. The summed E-state index contributed by atoms with van der Waals surface area (Å²) < 4.78 is 13.8. The molecule has 2 aromatic carbocycles. The predicted octanol–water partition coefficient (Wildman–Crippen LogP) is 4.30. The number of benzene rings is 2. The van der Waals surface area contributed by atoms with Crippen molar-refractivity contribution in [3.63, 3.8) is 0 Å². The molecular weight excluding hydrogens is 319 g/mol. The van der Waals surface area contributed by atoms with Crippen LogP contribution in [-0.4, -0.2) is 30.3 Å². The summed E-state index contributed by atoms with van der Waals surface area (Å²) in [7, 11) is 0. The van der Waals surface area contributed by atoms with Crippen LogP contribution in [0.2, 0.25) is 0 Å². The highest BCUT2D eigenvalue weighted by Gasteiger charge is 2.20. The summed E-state index contributed by atoms with van der Waals surface area (Å²) in [5, 5.41) is 3.67. The van der Waals surface area contributed by atoms with Crippen LogP contribution in [0, 0.1) is 5.82 Å². The quantitative estimate of drug-likeness (QED) is 0.787. The van der Waals surface area contributed by atoms with Crippen molar-refractivity contribution in [2.45, 2.75) is 36.9 Å². The molecule has 128 valence electrons. The third-order valence-electron chi connectivity index (χ3n) is 4.59. The Bertz CT molecular complexity index is 662. The highest BCUT2D eigenvalue weighted by Crippen LogP contribution is 2.18. The Balaban J connectivity index is 1.53. The summed E-state index contributed by atoms with van der Waals surface area (Å²) in [4.78, 5) is 3.66. The summed E-state index contributed by atoms with van der Waals surface area (Å²) in [6, 6.07) is 16.3. The molecule has 1 fully saturated rings. The van der Waals surface area contributed by atoms with Crippen LogP contribution in [-0.2, 0) is 13.1 Å². The van der Waals surface area contributed by atoms with Crippen LogP contribution in [0.5, 0.6) is 0 Å². The van der Waals surface area contributed by atoms with Crippen LogP contribution in [0.1, 0.15) is 24.0 Å². The molecule has 1 saturated heterocycles. The molecule has 2 aromatic rings. The number of hydrogen-bond acceptors (Lipinski definition) is 3. The molecule has 0 spiro atoms. The molecule has 3 rings (SSSR count). The van der Waals surface area contributed by atoms with Gasteiger partial charge in [0.25, 0.3) is 0 Å². The first-order valence-electron chi connectivity index (χ1n) is 8.56. The fraction of sp³-hybridized carbons (Fsp3) is 0.400. The molecule has 0 unspecified atom stereocenters. The topological polar surface area (TPSA) is 15.3 Å². The average molecular weight is 344 g/mol. The Morgan fingerprint density at radius 2 is 2.08 bits per heavy atom. The number of thioether (sulfide) groups is 1. The maximum Gasteiger partial charge on any atom is 0.127 e. The van der Waals surface area contributed by atoms with Crippen LogP contribution in [0.15, 0.2) is 53.4 Å². The van der Waals surface area contributed by atoms with Crippen molar-refractivity contribution >= 4 is 11.8 Å². The van der Waals surface area contributed by atoms with E-state index < -0.39 is 0 Å². The van der Waals surface area contributed by atoms with E-state index in [-0.39, 0.29) is 5.82 Å². The Morgan fingerprint density at radius 3 is 2.92 bits per heavy atom. The first-order valence-corrected chi connectivity index (χ1v) is 9.79. The van der Waals surface area contributed by atoms with E-state index in [4.69, 9.17) is 0 Å². The largest absolute Gasteiger partial charge is 0.309 e. The van der Waals surface area contributed by atoms with Gasteiger partial charge in [-0.3, -0.25) is 4.90 Å². The van der Waals surface area contributed by atoms with E-state index in [9.17, 15) is 4.39 Å². The van der Waals surface area contributed by atoms with E-state index in [1.54, 1.807) is 23.9 Å². The first-order chi connectivity index (χ1) is 11.7. The molecule has 1 aliphatic rings. The second kappa shape index (κ2) is 8.65. The molecule has 0 radical (unpaired) electrons. The minimum Gasteiger partial charge on any atom is -0.309 e. The highest BCUT2D eigenvalue weighted by atomic mass is 32.2. The number of nitrogens with zero attached hydrogens (tertiary/aromatic N) is 1. The van der Waals surface area contributed by atoms with Gasteiger partial charge in [-0.2, -0.15) is 0 Å². The maximum absolute atomic E-state index is 13.8. The van der Waals surface area contributed by atoms with Gasteiger partial charge >= 0.3 is 0 Å². The molecular formula is C20H25FN2S. The van der Waals surface area contributed by atoms with E-state index >= 15 is 0 Å². The van der Waals surface area contributed by atoms with Gasteiger partial charge in [0.1, 0.15) is 5.82 Å². The van der Waals surface area contributed by atoms with Gasteiger partial charge in [-0.25, -0.2) is 4.39 Å². The van der Waals surface area contributed by atoms with Crippen molar-refractivity contribution in [3.8, 4) is 0 Å². The van der Waals surface area contributed by atoms with Gasteiger partial charge in [-0.05, 0) is 49.4 Å². The van der Waals surface area contributed by atoms with E-state index in [0.29, 0.717) is 12.6 Å². The van der Waals surface area contributed by atoms with Crippen molar-refractivity contribution < 1.29 is 4.39 Å². The molecule has 1 aliphatic heterocycles. The van der Waals surface area contributed by atoms with Crippen molar-refractivity contribution in [3.05, 3.63) is 65.5 Å². The average Bonchev–Trinajstić information content (AvgIpc) is 2.62. The first kappa shape index (κ1) is 17.5. The van der Waals surface area contributed by atoms with Gasteiger partial charge in [0.2, 0.25) is 0 Å². The van der Waals surface area contributed by atoms with Gasteiger partial charge in [0, 0.05) is 36.1 Å². The number of likely N-dealkylation sites (tertiary alicyclic amines) is 1. The van der Waals surface area contributed by atoms with Gasteiger partial charge in [-0.1, -0.05) is 30.3 Å². The number of halogens is 1. The second-order valence-electron chi connectivity index (χ2n) is 6.40. The third kappa shape index (κ3) is 4.82. The summed E-state index contributed by atoms with van der Waals surface area (Å²) in [6.07, 6.45) is 4.46. The Hall–Kier alpha value is -1.36. The Kier molecular flexibility index (Phi) is 6.30. The number of rotatable bonds is 6. The van der Waals surface area contributed by atoms with E-state index in [2.05, 4.69) is 40.7 Å². The molecule has 0 aliphatic carbocycles. The molecule has 24 heavy (non-hydrogen) atoms. The second-order valence-corrected chi connectivity index (χ2v) is 7.28. The summed E-state index contributed by atoms with van der Waals surface area (Å²) in [5.74, 6) is -0.0959. The van der Waals surface area contributed by atoms with E-state index in [0.717, 1.165) is 31.6 Å². The molecule has 1 N–H and O–H groups in total. The lowest BCUT2D eigenvalue weighted by atomic mass is 10.0. The van der Waals surface area contributed by atoms with Crippen molar-refractivity contribution in [2.24, 2.45) is 0 Å². The minimum atomic E-state index is -0.0959. The van der Waals surface area contributed by atoms with Crippen LogP contribution in [0.4, 0.5) is 4.39 Å². The fourth-order valence-electron chi connectivity index (χ4n) is 3.28. The summed E-state index contributed by atoms with van der Waals surface area (Å²) in [6.45, 7) is 3.63. The monoisotopic (exact) mass is 344 g/mol. The van der Waals surface area contributed by atoms with Crippen LogP contribution < -0.4 is 5.32 Å². The smallest absolute Gasteiger partial charge is 0.127 e. The molecule has 1 heterocycles. The van der Waals surface area contributed by atoms with Gasteiger partial charge < -0.3 is 5.32 Å². The van der Waals surface area contributed by atoms with Gasteiger partial charge in [0.05, 0.1) is 0 Å². The molecule has 0 amide bonds. The summed E-state index contributed by atoms with van der Waals surface area (Å²) >= 11 is 1.78. The zero-order valence-corrected chi connectivity index (χ0v) is 15.0.